The summed E-state index contributed by atoms with van der Waals surface area (Å²) in [5.41, 5.74) is 0. The van der Waals surface area contributed by atoms with Gasteiger partial charge in [-0.3, -0.25) is 9.63 Å². The first-order chi connectivity index (χ1) is 17.3. The van der Waals surface area contributed by atoms with E-state index in [-0.39, 0.29) is 13.2 Å². The summed E-state index contributed by atoms with van der Waals surface area (Å²) in [6, 6.07) is 0. The molecule has 1 aliphatic rings. The molecule has 1 saturated heterocycles. The molecule has 1 heterocycles. The van der Waals surface area contributed by atoms with Crippen LogP contribution in [0, 0.1) is 0 Å². The second kappa shape index (κ2) is 18.4. The van der Waals surface area contributed by atoms with Crippen molar-refractivity contribution in [3.8, 4) is 0 Å². The number of hydrogen-bond donors (Lipinski definition) is 0. The summed E-state index contributed by atoms with van der Waals surface area (Å²) >= 11 is 0. The monoisotopic (exact) mass is 525 g/mol. The van der Waals surface area contributed by atoms with Gasteiger partial charge in [0, 0.05) is 33.5 Å². The number of nitrogens with zero attached hydrogens (tertiary/aromatic N) is 1. The molecule has 5 atom stereocenters. The zero-order valence-electron chi connectivity index (χ0n) is 23.1. The molecular formula is C26H49F2NO7. The van der Waals surface area contributed by atoms with Crippen molar-refractivity contribution in [3.05, 3.63) is 0 Å². The van der Waals surface area contributed by atoms with E-state index in [4.69, 9.17) is 28.5 Å². The van der Waals surface area contributed by atoms with Crippen LogP contribution >= 0.6 is 0 Å². The Morgan fingerprint density at radius 1 is 0.806 bits per heavy atom. The average Bonchev–Trinajstić information content (AvgIpc) is 2.87. The van der Waals surface area contributed by atoms with Gasteiger partial charge < -0.3 is 23.7 Å². The topological polar surface area (TPSA) is 75.7 Å². The molecule has 0 bridgehead atoms. The van der Waals surface area contributed by atoms with E-state index < -0.39 is 42.3 Å². The van der Waals surface area contributed by atoms with Crippen molar-refractivity contribution in [2.24, 2.45) is 0 Å². The fourth-order valence-electron chi connectivity index (χ4n) is 3.87. The Balaban J connectivity index is 3.39. The van der Waals surface area contributed by atoms with Gasteiger partial charge in [-0.15, -0.1) is 0 Å². The molecular weight excluding hydrogens is 476 g/mol. The highest BCUT2D eigenvalue weighted by atomic mass is 19.3. The quantitative estimate of drug-likeness (QED) is 0.167. The molecule has 214 valence electrons. The standard InChI is InChI=1S/C26H49F2NO7/c1-7-11-15-32-19-20-21(33-16-12-8-2)22(34-17-13-9-3)23(35-18-14-10-4)24(36-20)26(27,28)25(30)29(5)31-6/h20-24H,7-19H2,1-6H3/t20-,21+,22+,23-,24-/m1/s1. The van der Waals surface area contributed by atoms with Gasteiger partial charge in [0.2, 0.25) is 0 Å². The number of halogens is 2. The van der Waals surface area contributed by atoms with E-state index in [1.54, 1.807) is 0 Å². The van der Waals surface area contributed by atoms with Crippen LogP contribution in [0.25, 0.3) is 0 Å². The molecule has 1 rings (SSSR count). The van der Waals surface area contributed by atoms with Crippen LogP contribution in [0.2, 0.25) is 0 Å². The minimum atomic E-state index is -3.93. The Bertz CT molecular complexity index is 584. The van der Waals surface area contributed by atoms with Gasteiger partial charge in [-0.25, -0.2) is 5.06 Å². The van der Waals surface area contributed by atoms with Crippen LogP contribution in [0.5, 0.6) is 0 Å². The predicted molar refractivity (Wildman–Crippen MR) is 133 cm³/mol. The molecule has 0 saturated carbocycles. The SMILES string of the molecule is CCCCOC[C@H]1O[C@@H](C(F)(F)C(=O)N(C)OC)[C@H](OCCCC)[C@@H](OCCCC)[C@H]1OCCCC. The van der Waals surface area contributed by atoms with E-state index in [0.717, 1.165) is 59.1 Å². The van der Waals surface area contributed by atoms with Gasteiger partial charge in [-0.2, -0.15) is 8.78 Å². The van der Waals surface area contributed by atoms with Crippen molar-refractivity contribution in [2.75, 3.05) is 47.2 Å². The molecule has 1 aliphatic heterocycles. The second-order valence-corrected chi connectivity index (χ2v) is 9.20. The molecule has 0 N–H and O–H groups in total. The predicted octanol–water partition coefficient (Wildman–Crippen LogP) is 4.78. The lowest BCUT2D eigenvalue weighted by Gasteiger charge is -2.48. The van der Waals surface area contributed by atoms with Gasteiger partial charge in [0.25, 0.3) is 0 Å². The molecule has 10 heteroatoms. The molecule has 0 radical (unpaired) electrons. The zero-order chi connectivity index (χ0) is 27.0. The van der Waals surface area contributed by atoms with E-state index in [0.29, 0.717) is 31.3 Å². The molecule has 0 aromatic carbocycles. The Morgan fingerprint density at radius 2 is 1.28 bits per heavy atom. The summed E-state index contributed by atoms with van der Waals surface area (Å²) in [6.45, 7) is 9.65. The van der Waals surface area contributed by atoms with E-state index in [1.807, 2.05) is 27.7 Å². The van der Waals surface area contributed by atoms with Crippen molar-refractivity contribution < 1.29 is 42.1 Å². The minimum Gasteiger partial charge on any atom is -0.379 e. The molecule has 1 fully saturated rings. The Labute approximate surface area is 216 Å². The largest absolute Gasteiger partial charge is 0.379 e. The number of amides is 1. The van der Waals surface area contributed by atoms with Crippen LogP contribution in [0.4, 0.5) is 8.78 Å². The normalized spacial score (nSPS) is 24.7. The second-order valence-electron chi connectivity index (χ2n) is 9.20. The first-order valence-electron chi connectivity index (χ1n) is 13.6. The molecule has 0 spiro atoms. The lowest BCUT2D eigenvalue weighted by atomic mass is 9.90. The first-order valence-corrected chi connectivity index (χ1v) is 13.6. The lowest BCUT2D eigenvalue weighted by Crippen LogP contribution is -2.67. The van der Waals surface area contributed by atoms with E-state index >= 15 is 8.78 Å². The summed E-state index contributed by atoms with van der Waals surface area (Å²) < 4.78 is 61.5. The number of rotatable bonds is 20. The number of ether oxygens (including phenoxy) is 5. The molecule has 1 amide bonds. The number of alkyl halides is 2. The van der Waals surface area contributed by atoms with Crippen LogP contribution in [-0.4, -0.2) is 94.6 Å². The lowest BCUT2D eigenvalue weighted by molar-refractivity contribution is -0.304. The highest BCUT2D eigenvalue weighted by molar-refractivity contribution is 5.83. The van der Waals surface area contributed by atoms with Gasteiger partial charge in [-0.05, 0) is 25.7 Å². The molecule has 0 unspecified atom stereocenters. The third-order valence-electron chi connectivity index (χ3n) is 6.19. The van der Waals surface area contributed by atoms with Gasteiger partial charge in [0.1, 0.15) is 24.4 Å². The minimum absolute atomic E-state index is 0.0486. The third kappa shape index (κ3) is 10.1. The molecule has 8 nitrogen and oxygen atoms in total. The van der Waals surface area contributed by atoms with Gasteiger partial charge in [0.15, 0.2) is 6.10 Å². The fourth-order valence-corrected chi connectivity index (χ4v) is 3.87. The summed E-state index contributed by atoms with van der Waals surface area (Å²) in [7, 11) is 2.30. The number of carbonyl (C=O) groups is 1. The van der Waals surface area contributed by atoms with Crippen LogP contribution in [0.1, 0.15) is 79.1 Å². The van der Waals surface area contributed by atoms with Gasteiger partial charge >= 0.3 is 11.8 Å². The van der Waals surface area contributed by atoms with Crippen molar-refractivity contribution >= 4 is 5.91 Å². The molecule has 36 heavy (non-hydrogen) atoms. The van der Waals surface area contributed by atoms with Crippen LogP contribution in [0.3, 0.4) is 0 Å². The van der Waals surface area contributed by atoms with Crippen molar-refractivity contribution in [2.45, 2.75) is 116 Å². The Kier molecular flexibility index (Phi) is 16.9. The number of unbranched alkanes of at least 4 members (excludes halogenated alkanes) is 4. The van der Waals surface area contributed by atoms with Crippen molar-refractivity contribution in [3.63, 3.8) is 0 Å². The van der Waals surface area contributed by atoms with Gasteiger partial charge in [0.05, 0.1) is 13.7 Å². The van der Waals surface area contributed by atoms with E-state index in [9.17, 15) is 4.79 Å². The van der Waals surface area contributed by atoms with Crippen molar-refractivity contribution in [1.29, 1.82) is 0 Å². The van der Waals surface area contributed by atoms with Gasteiger partial charge in [-0.1, -0.05) is 53.4 Å². The molecule has 0 aromatic heterocycles. The van der Waals surface area contributed by atoms with Crippen LogP contribution < -0.4 is 0 Å². The van der Waals surface area contributed by atoms with E-state index in [1.165, 1.54) is 0 Å². The fraction of sp³-hybridized carbons (Fsp3) is 0.962. The Morgan fingerprint density at radius 3 is 1.78 bits per heavy atom. The molecule has 0 aliphatic carbocycles. The highest BCUT2D eigenvalue weighted by Gasteiger charge is 2.61. The number of hydroxylamine groups is 2. The summed E-state index contributed by atoms with van der Waals surface area (Å²) in [5, 5.41) is 0.510. The van der Waals surface area contributed by atoms with Crippen LogP contribution in [-0.2, 0) is 33.3 Å². The van der Waals surface area contributed by atoms with E-state index in [2.05, 4.69) is 0 Å². The number of hydrogen-bond acceptors (Lipinski definition) is 7. The summed E-state index contributed by atoms with van der Waals surface area (Å²) in [6.07, 6.45) is 1.15. The summed E-state index contributed by atoms with van der Waals surface area (Å²) in [4.78, 5) is 17.4. The maximum Gasteiger partial charge on any atom is 0.354 e. The van der Waals surface area contributed by atoms with Crippen molar-refractivity contribution in [1.82, 2.24) is 5.06 Å². The summed E-state index contributed by atoms with van der Waals surface area (Å²) in [5.74, 6) is -5.44. The average molecular weight is 526 g/mol. The third-order valence-corrected chi connectivity index (χ3v) is 6.19. The maximum atomic E-state index is 15.7. The highest BCUT2D eigenvalue weighted by Crippen LogP contribution is 2.37. The smallest absolute Gasteiger partial charge is 0.354 e. The zero-order valence-corrected chi connectivity index (χ0v) is 23.1. The first kappa shape index (κ1) is 33.1. The molecule has 0 aromatic rings. The maximum absolute atomic E-state index is 15.7. The Hall–Kier alpha value is -0.910. The van der Waals surface area contributed by atoms with Crippen LogP contribution in [0.15, 0.2) is 0 Å². The number of carbonyl (C=O) groups excluding carboxylic acids is 1.